The van der Waals surface area contributed by atoms with Gasteiger partial charge in [-0.25, -0.2) is 0 Å². The second kappa shape index (κ2) is 13.8. The van der Waals surface area contributed by atoms with E-state index in [1.54, 1.807) is 42.5 Å². The largest absolute Gasteiger partial charge is 0.508 e. The number of ether oxygens (including phenoxy) is 2. The summed E-state index contributed by atoms with van der Waals surface area (Å²) < 4.78 is 10.8. The van der Waals surface area contributed by atoms with Gasteiger partial charge in [0, 0.05) is 12.3 Å². The van der Waals surface area contributed by atoms with Crippen molar-refractivity contribution in [3.63, 3.8) is 0 Å². The number of aromatic hydroxyl groups is 4. The van der Waals surface area contributed by atoms with E-state index in [4.69, 9.17) is 9.47 Å². The number of hydrogen-bond donors (Lipinski definition) is 5. The molecule has 8 nitrogen and oxygen atoms in total. The van der Waals surface area contributed by atoms with Crippen LogP contribution < -0.4 is 9.47 Å². The highest BCUT2D eigenvalue weighted by Gasteiger charge is 2.27. The van der Waals surface area contributed by atoms with Crippen LogP contribution in [0.3, 0.4) is 0 Å². The summed E-state index contributed by atoms with van der Waals surface area (Å²) in [6.07, 6.45) is 0.430. The van der Waals surface area contributed by atoms with Crippen molar-refractivity contribution < 1.29 is 39.8 Å². The summed E-state index contributed by atoms with van der Waals surface area (Å²) in [6.45, 7) is 4.30. The van der Waals surface area contributed by atoms with Gasteiger partial charge in [-0.15, -0.1) is 0 Å². The highest BCUT2D eigenvalue weighted by Crippen LogP contribution is 2.37. The minimum Gasteiger partial charge on any atom is -0.508 e. The Kier molecular flexibility index (Phi) is 10.5. The predicted octanol–water partition coefficient (Wildman–Crippen LogP) is 4.91. The summed E-state index contributed by atoms with van der Waals surface area (Å²) in [6, 6.07) is 14.6. The molecule has 0 fully saturated rings. The van der Waals surface area contributed by atoms with Crippen LogP contribution in [0.25, 0.3) is 0 Å². The van der Waals surface area contributed by atoms with Gasteiger partial charge in [-0.3, -0.25) is 4.79 Å². The molecule has 0 saturated heterocycles. The van der Waals surface area contributed by atoms with Crippen molar-refractivity contribution in [2.24, 2.45) is 11.8 Å². The highest BCUT2D eigenvalue weighted by molar-refractivity contribution is 5.82. The van der Waals surface area contributed by atoms with Gasteiger partial charge in [-0.05, 0) is 84.7 Å². The highest BCUT2D eigenvalue weighted by atomic mass is 16.5. The molecule has 2 atom stereocenters. The summed E-state index contributed by atoms with van der Waals surface area (Å²) in [5.41, 5.74) is 2.20. The monoisotopic (exact) mass is 538 g/mol. The van der Waals surface area contributed by atoms with Crippen LogP contribution >= 0.6 is 0 Å². The molecule has 0 aliphatic carbocycles. The second-order valence-corrected chi connectivity index (χ2v) is 10.2. The van der Waals surface area contributed by atoms with Crippen molar-refractivity contribution in [2.45, 2.75) is 52.1 Å². The Hall–Kier alpha value is -3.91. The molecule has 0 saturated carbocycles. The molecule has 210 valence electrons. The molecule has 0 heterocycles. The number of aliphatic hydroxyl groups is 1. The summed E-state index contributed by atoms with van der Waals surface area (Å²) in [5, 5.41) is 51.2. The van der Waals surface area contributed by atoms with Gasteiger partial charge in [0.15, 0.2) is 23.0 Å². The van der Waals surface area contributed by atoms with Crippen molar-refractivity contribution in [3.05, 3.63) is 71.3 Å². The number of hydrogen-bond acceptors (Lipinski definition) is 8. The van der Waals surface area contributed by atoms with E-state index in [1.165, 1.54) is 19.2 Å². The quantitative estimate of drug-likeness (QED) is 0.183. The lowest BCUT2D eigenvalue weighted by Gasteiger charge is -2.23. The van der Waals surface area contributed by atoms with E-state index in [9.17, 15) is 30.3 Å². The Labute approximate surface area is 229 Å². The summed E-state index contributed by atoms with van der Waals surface area (Å²) >= 11 is 0. The van der Waals surface area contributed by atoms with Gasteiger partial charge in [-0.1, -0.05) is 32.0 Å². The molecule has 0 aromatic heterocycles. The maximum atomic E-state index is 13.4. The topological polar surface area (TPSA) is 137 Å². The summed E-state index contributed by atoms with van der Waals surface area (Å²) in [4.78, 5) is 13.4. The number of aliphatic hydroxyl groups excluding tert-OH is 1. The number of phenols is 4. The van der Waals surface area contributed by atoms with Crippen LogP contribution in [0.4, 0.5) is 0 Å². The van der Waals surface area contributed by atoms with Gasteiger partial charge in [0.25, 0.3) is 0 Å². The van der Waals surface area contributed by atoms with Gasteiger partial charge in [0.1, 0.15) is 11.5 Å². The number of phenolic OH excluding ortho intramolecular Hbond substituents is 4. The molecule has 0 spiro atoms. The van der Waals surface area contributed by atoms with Gasteiger partial charge in [0.05, 0.1) is 19.8 Å². The van der Waals surface area contributed by atoms with Crippen LogP contribution in [-0.2, 0) is 24.1 Å². The standard InChI is InChI=1S/C31H38O8/c1-19(2)18-39-30-17-22(15-28(36)31(30)37)9-11-26(34)24(14-21-5-4-6-23(32)13-21)25(33)10-7-20-8-12-27(35)29(16-20)38-3/h4-6,8,12-13,15-17,19,24-25,32-33,35-37H,7,9-11,14,18H2,1-3H3. The number of Topliss-reactive ketones (excluding diaryl/α,β-unsaturated/α-hetero) is 1. The zero-order chi connectivity index (χ0) is 28.5. The molecule has 39 heavy (non-hydrogen) atoms. The maximum absolute atomic E-state index is 13.4. The van der Waals surface area contributed by atoms with Crippen LogP contribution in [-0.4, -0.2) is 51.1 Å². The molecule has 0 aliphatic rings. The van der Waals surface area contributed by atoms with E-state index >= 15 is 0 Å². The molecule has 0 radical (unpaired) electrons. The lowest BCUT2D eigenvalue weighted by atomic mass is 9.85. The number of aryl methyl sites for hydroxylation is 2. The predicted molar refractivity (Wildman–Crippen MR) is 148 cm³/mol. The fourth-order valence-corrected chi connectivity index (χ4v) is 4.41. The van der Waals surface area contributed by atoms with Crippen molar-refractivity contribution in [3.8, 4) is 34.5 Å². The fourth-order valence-electron chi connectivity index (χ4n) is 4.41. The zero-order valence-corrected chi connectivity index (χ0v) is 22.6. The SMILES string of the molecule is COc1cc(CCC(O)C(Cc2cccc(O)c2)C(=O)CCc2cc(O)c(O)c(OCC(C)C)c2)ccc1O. The molecular weight excluding hydrogens is 500 g/mol. The van der Waals surface area contributed by atoms with E-state index < -0.39 is 12.0 Å². The zero-order valence-electron chi connectivity index (χ0n) is 22.6. The van der Waals surface area contributed by atoms with Crippen LogP contribution in [0.2, 0.25) is 0 Å². The van der Waals surface area contributed by atoms with E-state index in [-0.39, 0.29) is 59.7 Å². The molecule has 3 aromatic rings. The summed E-state index contributed by atoms with van der Waals surface area (Å²) in [5.74, 6) is -0.725. The van der Waals surface area contributed by atoms with Crippen molar-refractivity contribution in [2.75, 3.05) is 13.7 Å². The fraction of sp³-hybridized carbons (Fsp3) is 0.387. The number of methoxy groups -OCH3 is 1. The number of rotatable bonds is 14. The first-order chi connectivity index (χ1) is 18.6. The average Bonchev–Trinajstić information content (AvgIpc) is 2.90. The molecule has 8 heteroatoms. The Morgan fingerprint density at radius 1 is 0.846 bits per heavy atom. The van der Waals surface area contributed by atoms with Gasteiger partial charge in [-0.2, -0.15) is 0 Å². The van der Waals surface area contributed by atoms with Gasteiger partial charge < -0.3 is 35.0 Å². The molecule has 3 aromatic carbocycles. The molecule has 0 amide bonds. The van der Waals surface area contributed by atoms with E-state index in [1.807, 2.05) is 13.8 Å². The average molecular weight is 539 g/mol. The number of ketones is 1. The van der Waals surface area contributed by atoms with Crippen LogP contribution in [0.15, 0.2) is 54.6 Å². The Morgan fingerprint density at radius 3 is 2.28 bits per heavy atom. The third kappa shape index (κ3) is 8.55. The van der Waals surface area contributed by atoms with Gasteiger partial charge >= 0.3 is 0 Å². The van der Waals surface area contributed by atoms with Gasteiger partial charge in [0.2, 0.25) is 5.75 Å². The second-order valence-electron chi connectivity index (χ2n) is 10.2. The molecule has 5 N–H and O–H groups in total. The molecule has 3 rings (SSSR count). The summed E-state index contributed by atoms with van der Waals surface area (Å²) in [7, 11) is 1.46. The third-order valence-corrected chi connectivity index (χ3v) is 6.56. The van der Waals surface area contributed by atoms with E-state index in [2.05, 4.69) is 0 Å². The third-order valence-electron chi connectivity index (χ3n) is 6.56. The maximum Gasteiger partial charge on any atom is 0.200 e. The smallest absolute Gasteiger partial charge is 0.200 e. The first-order valence-corrected chi connectivity index (χ1v) is 13.1. The molecule has 0 aliphatic heterocycles. The van der Waals surface area contributed by atoms with Crippen LogP contribution in [0.1, 0.15) is 43.4 Å². The number of benzene rings is 3. The Bertz CT molecular complexity index is 1250. The molecular formula is C31H38O8. The first-order valence-electron chi connectivity index (χ1n) is 13.1. The molecule has 0 bridgehead atoms. The normalized spacial score (nSPS) is 12.7. The number of carbonyl (C=O) groups excluding carboxylic acids is 1. The van der Waals surface area contributed by atoms with Crippen molar-refractivity contribution in [1.82, 2.24) is 0 Å². The Morgan fingerprint density at radius 2 is 1.59 bits per heavy atom. The minimum atomic E-state index is -0.960. The number of carbonyl (C=O) groups is 1. The van der Waals surface area contributed by atoms with Crippen LogP contribution in [0.5, 0.6) is 34.5 Å². The van der Waals surface area contributed by atoms with E-state index in [0.717, 1.165) is 11.1 Å². The van der Waals surface area contributed by atoms with Crippen molar-refractivity contribution in [1.29, 1.82) is 0 Å². The lowest BCUT2D eigenvalue weighted by Crippen LogP contribution is -2.31. The minimum absolute atomic E-state index is 0.0248. The lowest BCUT2D eigenvalue weighted by molar-refractivity contribution is -0.126. The molecule has 2 unspecified atom stereocenters. The first kappa shape index (κ1) is 29.6. The van der Waals surface area contributed by atoms with E-state index in [0.29, 0.717) is 30.8 Å². The van der Waals surface area contributed by atoms with Crippen molar-refractivity contribution >= 4 is 5.78 Å². The van der Waals surface area contributed by atoms with Crippen LogP contribution in [0, 0.1) is 11.8 Å². The Balaban J connectivity index is 1.74.